The van der Waals surface area contributed by atoms with Crippen LogP contribution in [0.3, 0.4) is 0 Å². The van der Waals surface area contributed by atoms with E-state index in [0.29, 0.717) is 9.34 Å². The van der Waals surface area contributed by atoms with Crippen molar-refractivity contribution in [2.45, 2.75) is 140 Å². The Labute approximate surface area is 190 Å². The Kier molecular flexibility index (Phi) is 10.5. The van der Waals surface area contributed by atoms with E-state index in [4.69, 9.17) is 9.16 Å². The van der Waals surface area contributed by atoms with E-state index in [-0.39, 0.29) is 5.04 Å². The molecule has 174 valence electrons. The third kappa shape index (κ3) is 6.36. The summed E-state index contributed by atoms with van der Waals surface area (Å²) < 4.78 is 18.7. The Morgan fingerprint density at radius 2 is 1.24 bits per heavy atom. The molecule has 0 saturated carbocycles. The summed E-state index contributed by atoms with van der Waals surface area (Å²) >= 11 is -2.51. The van der Waals surface area contributed by atoms with Crippen LogP contribution in [0.25, 0.3) is 0 Å². The van der Waals surface area contributed by atoms with Crippen molar-refractivity contribution in [3.63, 3.8) is 0 Å². The van der Waals surface area contributed by atoms with Gasteiger partial charge in [0.2, 0.25) is 0 Å². The van der Waals surface area contributed by atoms with Gasteiger partial charge in [-0.2, -0.15) is 0 Å². The number of hydrogen-bond donors (Lipinski definition) is 0. The van der Waals surface area contributed by atoms with Gasteiger partial charge in [-0.15, -0.1) is 0 Å². The third-order valence-electron chi connectivity index (χ3n) is 8.05. The van der Waals surface area contributed by atoms with Gasteiger partial charge in [-0.05, 0) is 0 Å². The fourth-order valence-corrected chi connectivity index (χ4v) is 43.0. The van der Waals surface area contributed by atoms with Crippen LogP contribution in [0.2, 0.25) is 51.1 Å². The first-order chi connectivity index (χ1) is 13.2. The van der Waals surface area contributed by atoms with Crippen LogP contribution in [0.4, 0.5) is 0 Å². The van der Waals surface area contributed by atoms with Crippen molar-refractivity contribution in [3.05, 3.63) is 0 Å². The van der Waals surface area contributed by atoms with Crippen LogP contribution >= 0.6 is 0 Å². The normalized spacial score (nSPS) is 23.5. The fraction of sp³-hybridized carbons (Fsp3) is 1.00. The molecule has 0 aliphatic carbocycles. The second-order valence-electron chi connectivity index (χ2n) is 12.3. The van der Waals surface area contributed by atoms with Gasteiger partial charge in [0.1, 0.15) is 0 Å². The second-order valence-corrected chi connectivity index (χ2v) is 37.4. The Hall–Kier alpha value is 1.15. The van der Waals surface area contributed by atoms with Crippen molar-refractivity contribution >= 4 is 34.8 Å². The van der Waals surface area contributed by atoms with Gasteiger partial charge < -0.3 is 0 Å². The molecule has 0 aromatic heterocycles. The molecule has 2 nitrogen and oxygen atoms in total. The standard InChI is InChI=1S/C12H27O2Si2.3C4H9.Sn/c1-12(2,3)16(7,8)13-9-10-11(14-10)15(4,5)6;3*1-3-4-2;/h10H,9H2,1-8H3;3*1,3-4H2,2H3;/t10-;;;;/m0..../s1. The van der Waals surface area contributed by atoms with Crippen LogP contribution in [0.1, 0.15) is 80.1 Å². The average molecular weight is 550 g/mol. The first-order valence-electron chi connectivity index (χ1n) is 12.6. The molecule has 1 rings (SSSR count). The summed E-state index contributed by atoms with van der Waals surface area (Å²) in [6.45, 7) is 27.7. The predicted octanol–water partition coefficient (Wildman–Crippen LogP) is 8.41. The van der Waals surface area contributed by atoms with Crippen molar-refractivity contribution in [2.75, 3.05) is 6.61 Å². The predicted molar refractivity (Wildman–Crippen MR) is 139 cm³/mol. The van der Waals surface area contributed by atoms with Gasteiger partial charge in [-0.25, -0.2) is 0 Å². The Bertz CT molecular complexity index is 474. The maximum atomic E-state index is 6.99. The second kappa shape index (κ2) is 10.8. The number of rotatable bonds is 14. The van der Waals surface area contributed by atoms with Crippen molar-refractivity contribution in [1.29, 1.82) is 0 Å². The number of unbranched alkanes of at least 4 members (excludes halogenated alkanes) is 3. The topological polar surface area (TPSA) is 21.8 Å². The summed E-state index contributed by atoms with van der Waals surface area (Å²) in [5, 5.41) is 0.275. The fourth-order valence-electron chi connectivity index (χ4n) is 5.24. The number of ether oxygens (including phenoxy) is 1. The van der Waals surface area contributed by atoms with E-state index in [0.717, 1.165) is 6.61 Å². The molecular weight excluding hydrogens is 495 g/mol. The zero-order valence-electron chi connectivity index (χ0n) is 22.0. The number of epoxide rings is 1. The van der Waals surface area contributed by atoms with E-state index in [1.807, 2.05) is 0 Å². The molecule has 29 heavy (non-hydrogen) atoms. The Morgan fingerprint density at radius 3 is 1.55 bits per heavy atom. The molecule has 0 unspecified atom stereocenters. The van der Waals surface area contributed by atoms with Gasteiger partial charge in [0.15, 0.2) is 0 Å². The average Bonchev–Trinajstić information content (AvgIpc) is 3.35. The summed E-state index contributed by atoms with van der Waals surface area (Å²) in [5.74, 6) is 0. The molecule has 5 heteroatoms. The van der Waals surface area contributed by atoms with Gasteiger partial charge in [-0.3, -0.25) is 0 Å². The van der Waals surface area contributed by atoms with Crippen LogP contribution in [0, 0.1) is 0 Å². The molecule has 0 bridgehead atoms. The summed E-state index contributed by atoms with van der Waals surface area (Å²) in [4.78, 5) is 0. The molecule has 0 amide bonds. The Morgan fingerprint density at radius 1 is 0.828 bits per heavy atom. The minimum atomic E-state index is -2.51. The molecule has 1 fully saturated rings. The molecule has 1 saturated heterocycles. The summed E-state index contributed by atoms with van der Waals surface area (Å²) in [6.07, 6.45) is 8.70. The third-order valence-corrected chi connectivity index (χ3v) is 42.2. The van der Waals surface area contributed by atoms with Crippen LogP contribution in [0.15, 0.2) is 0 Å². The maximum absolute atomic E-state index is 6.99. The molecule has 0 aromatic carbocycles. The minimum absolute atomic E-state index is 0.275. The van der Waals surface area contributed by atoms with Gasteiger partial charge in [0.25, 0.3) is 0 Å². The van der Waals surface area contributed by atoms with E-state index in [1.165, 1.54) is 38.5 Å². The van der Waals surface area contributed by atoms with Gasteiger partial charge in [0.05, 0.1) is 0 Å². The number of hydrogen-bond acceptors (Lipinski definition) is 2. The molecule has 0 spiro atoms. The van der Waals surface area contributed by atoms with Crippen LogP contribution in [0.5, 0.6) is 0 Å². The molecule has 1 aliphatic heterocycles. The van der Waals surface area contributed by atoms with Gasteiger partial charge in [0, 0.05) is 0 Å². The van der Waals surface area contributed by atoms with Crippen molar-refractivity contribution < 1.29 is 9.16 Å². The molecular formula is C24H54O2Si2Sn. The monoisotopic (exact) mass is 550 g/mol. The first kappa shape index (κ1) is 28.2. The van der Waals surface area contributed by atoms with Crippen molar-refractivity contribution in [3.8, 4) is 0 Å². The van der Waals surface area contributed by atoms with E-state index in [1.54, 1.807) is 13.3 Å². The molecule has 0 radical (unpaired) electrons. The zero-order valence-corrected chi connectivity index (χ0v) is 26.8. The molecule has 1 heterocycles. The van der Waals surface area contributed by atoms with Crippen LogP contribution < -0.4 is 0 Å². The van der Waals surface area contributed by atoms with Crippen LogP contribution in [-0.2, 0) is 9.16 Å². The quantitative estimate of drug-likeness (QED) is 0.160. The van der Waals surface area contributed by atoms with Crippen molar-refractivity contribution in [1.82, 2.24) is 0 Å². The van der Waals surface area contributed by atoms with Gasteiger partial charge in [-0.1, -0.05) is 0 Å². The summed E-state index contributed by atoms with van der Waals surface area (Å²) in [5.41, 5.74) is 0. The molecule has 1 aliphatic rings. The van der Waals surface area contributed by atoms with E-state index in [2.05, 4.69) is 74.3 Å². The van der Waals surface area contributed by atoms with Crippen molar-refractivity contribution in [2.24, 2.45) is 0 Å². The molecule has 2 atom stereocenters. The summed E-state index contributed by atoms with van der Waals surface area (Å²) in [7, 11) is -3.18. The SMILES string of the molecule is CCC[CH2][Sn]([CH2]CCC)([CH2]CCC)[C@@]1([Si](C)(C)C)O[C@H]1CO[Si](C)(C)C(C)(C)C. The Balaban J connectivity index is 3.23. The molecule has 0 N–H and O–H groups in total. The van der Waals surface area contributed by atoms with Gasteiger partial charge >= 0.3 is 191 Å². The van der Waals surface area contributed by atoms with Crippen LogP contribution in [-0.4, -0.2) is 50.7 Å². The van der Waals surface area contributed by atoms with E-state index >= 15 is 0 Å². The zero-order chi connectivity index (χ0) is 22.6. The molecule has 0 aromatic rings. The summed E-state index contributed by atoms with van der Waals surface area (Å²) in [6, 6.07) is 0. The van der Waals surface area contributed by atoms with E-state index in [9.17, 15) is 0 Å². The first-order valence-corrected chi connectivity index (χ1v) is 26.5. The van der Waals surface area contributed by atoms with E-state index < -0.39 is 34.8 Å².